The van der Waals surface area contributed by atoms with Crippen molar-refractivity contribution >= 4 is 15.7 Å². The van der Waals surface area contributed by atoms with E-state index in [-0.39, 0.29) is 25.0 Å². The van der Waals surface area contributed by atoms with Gasteiger partial charge in [-0.2, -0.15) is 0 Å². The lowest BCUT2D eigenvalue weighted by Crippen LogP contribution is -2.29. The second kappa shape index (κ2) is 4.46. The molecule has 17 heavy (non-hydrogen) atoms. The van der Waals surface area contributed by atoms with Gasteiger partial charge in [-0.1, -0.05) is 12.2 Å². The van der Waals surface area contributed by atoms with Gasteiger partial charge >= 0.3 is 0 Å². The number of carbonyl (C=O) groups excluding carboxylic acids is 1. The Morgan fingerprint density at radius 2 is 2.24 bits per heavy atom. The molecule has 0 aromatic carbocycles. The molecule has 2 rings (SSSR count). The smallest absolute Gasteiger partial charge is 0.247 e. The van der Waals surface area contributed by atoms with Gasteiger partial charge in [-0.3, -0.25) is 4.79 Å². The molecule has 1 aliphatic heterocycles. The first-order chi connectivity index (χ1) is 8.04. The van der Waals surface area contributed by atoms with Crippen molar-refractivity contribution in [2.45, 2.75) is 6.42 Å². The van der Waals surface area contributed by atoms with Crippen molar-refractivity contribution in [3.63, 3.8) is 0 Å². The van der Waals surface area contributed by atoms with E-state index in [1.165, 1.54) is 17.6 Å². The number of sulfone groups is 1. The highest BCUT2D eigenvalue weighted by molar-refractivity contribution is 7.98. The van der Waals surface area contributed by atoms with Gasteiger partial charge in [-0.15, -0.1) is 0 Å². The number of rotatable bonds is 3. The Balaban J connectivity index is 2.16. The summed E-state index contributed by atoms with van der Waals surface area (Å²) < 4.78 is 23.1. The molecule has 0 aromatic heterocycles. The van der Waals surface area contributed by atoms with Crippen LogP contribution in [0.25, 0.3) is 0 Å². The van der Waals surface area contributed by atoms with Crippen molar-refractivity contribution in [3.8, 4) is 0 Å². The summed E-state index contributed by atoms with van der Waals surface area (Å²) in [5.41, 5.74) is 0.536. The van der Waals surface area contributed by atoms with Crippen molar-refractivity contribution in [2.75, 3.05) is 13.2 Å². The summed E-state index contributed by atoms with van der Waals surface area (Å²) >= 11 is 0. The Morgan fingerprint density at radius 3 is 2.94 bits per heavy atom. The predicted molar refractivity (Wildman–Crippen MR) is 62.4 cm³/mol. The summed E-state index contributed by atoms with van der Waals surface area (Å²) in [4.78, 5) is 12.0. The van der Waals surface area contributed by atoms with E-state index in [4.69, 9.17) is 5.11 Å². The molecule has 0 radical (unpaired) electrons. The topological polar surface area (TPSA) is 83.5 Å². The van der Waals surface area contributed by atoms with Crippen molar-refractivity contribution in [3.05, 3.63) is 34.1 Å². The lowest BCUT2D eigenvalue weighted by molar-refractivity contribution is -0.117. The van der Waals surface area contributed by atoms with E-state index < -0.39 is 9.84 Å². The van der Waals surface area contributed by atoms with Crippen LogP contribution < -0.4 is 5.32 Å². The zero-order valence-corrected chi connectivity index (χ0v) is 9.90. The molecule has 2 aliphatic rings. The summed E-state index contributed by atoms with van der Waals surface area (Å²) in [5.74, 6) is -0.480. The van der Waals surface area contributed by atoms with Crippen molar-refractivity contribution < 1.29 is 18.3 Å². The highest BCUT2D eigenvalue weighted by Crippen LogP contribution is 2.35. The van der Waals surface area contributed by atoms with Crippen LogP contribution in [0.4, 0.5) is 0 Å². The van der Waals surface area contributed by atoms with E-state index >= 15 is 0 Å². The molecule has 1 unspecified atom stereocenters. The number of hydrogen-bond acceptors (Lipinski definition) is 4. The minimum atomic E-state index is -3.25. The highest BCUT2D eigenvalue weighted by Gasteiger charge is 2.32. The number of hydrogen-bond donors (Lipinski definition) is 2. The van der Waals surface area contributed by atoms with E-state index in [1.54, 1.807) is 6.08 Å². The summed E-state index contributed by atoms with van der Waals surface area (Å²) in [6, 6.07) is 0. The minimum Gasteiger partial charge on any atom is -0.395 e. The molecule has 0 aromatic rings. The molecule has 0 saturated heterocycles. The number of allylic oxidation sites excluding steroid dienone is 4. The van der Waals surface area contributed by atoms with Gasteiger partial charge in [0.05, 0.1) is 11.5 Å². The molecule has 0 spiro atoms. The first-order valence-corrected chi connectivity index (χ1v) is 6.82. The normalized spacial score (nSPS) is 24.9. The van der Waals surface area contributed by atoms with E-state index in [2.05, 4.69) is 5.32 Å². The Labute approximate surface area is 99.4 Å². The fourth-order valence-corrected chi connectivity index (χ4v) is 3.30. The third kappa shape index (κ3) is 2.32. The van der Waals surface area contributed by atoms with Crippen LogP contribution in [0.3, 0.4) is 0 Å². The first kappa shape index (κ1) is 12.1. The number of fused-ring (bicyclic) bond motifs is 1. The molecule has 0 bridgehead atoms. The number of aliphatic hydroxyl groups is 1. The summed E-state index contributed by atoms with van der Waals surface area (Å²) in [6.45, 7) is 0.0867. The summed E-state index contributed by atoms with van der Waals surface area (Å²) in [5, 5.41) is 12.3. The van der Waals surface area contributed by atoms with Crippen LogP contribution in [0, 0.1) is 5.92 Å². The monoisotopic (exact) mass is 255 g/mol. The second-order valence-corrected chi connectivity index (χ2v) is 5.76. The lowest BCUT2D eigenvalue weighted by atomic mass is 9.94. The fourth-order valence-electron chi connectivity index (χ4n) is 1.91. The maximum absolute atomic E-state index is 11.6. The van der Waals surface area contributed by atoms with E-state index in [9.17, 15) is 13.2 Å². The first-order valence-electron chi connectivity index (χ1n) is 5.27. The van der Waals surface area contributed by atoms with Gasteiger partial charge in [0.25, 0.3) is 0 Å². The van der Waals surface area contributed by atoms with E-state index in [1.807, 2.05) is 0 Å². The van der Waals surface area contributed by atoms with Crippen LogP contribution >= 0.6 is 0 Å². The van der Waals surface area contributed by atoms with Gasteiger partial charge in [0.2, 0.25) is 5.91 Å². The van der Waals surface area contributed by atoms with Gasteiger partial charge in [-0.25, -0.2) is 8.42 Å². The quantitative estimate of drug-likeness (QED) is 0.735. The van der Waals surface area contributed by atoms with Crippen molar-refractivity contribution in [1.82, 2.24) is 5.32 Å². The van der Waals surface area contributed by atoms with Gasteiger partial charge in [0, 0.05) is 23.4 Å². The molecule has 1 heterocycles. The maximum Gasteiger partial charge on any atom is 0.247 e. The Morgan fingerprint density at radius 1 is 1.47 bits per heavy atom. The lowest BCUT2D eigenvalue weighted by Gasteiger charge is -2.16. The van der Waals surface area contributed by atoms with Gasteiger partial charge in [0.1, 0.15) is 0 Å². The minimum absolute atomic E-state index is 0.113. The summed E-state index contributed by atoms with van der Waals surface area (Å²) in [6.07, 6.45) is 5.01. The number of amides is 1. The third-order valence-corrected chi connectivity index (χ3v) is 4.37. The molecular weight excluding hydrogens is 242 g/mol. The molecule has 0 fully saturated rings. The second-order valence-electron chi connectivity index (χ2n) is 3.92. The van der Waals surface area contributed by atoms with Crippen LogP contribution in [-0.2, 0) is 14.6 Å². The highest BCUT2D eigenvalue weighted by atomic mass is 32.2. The van der Waals surface area contributed by atoms with Gasteiger partial charge < -0.3 is 10.4 Å². The largest absolute Gasteiger partial charge is 0.395 e. The molecular formula is C11H13NO4S. The van der Waals surface area contributed by atoms with E-state index in [0.717, 1.165) is 0 Å². The molecule has 0 saturated carbocycles. The predicted octanol–water partition coefficient (Wildman–Crippen LogP) is -0.133. The Kier molecular flexibility index (Phi) is 3.17. The third-order valence-electron chi connectivity index (χ3n) is 2.76. The zero-order chi connectivity index (χ0) is 12.5. The number of carbonyl (C=O) groups is 1. The Bertz CT molecular complexity index is 528. The Hall–Kier alpha value is -1.40. The fraction of sp³-hybridized carbons (Fsp3) is 0.364. The van der Waals surface area contributed by atoms with Crippen LogP contribution in [0.2, 0.25) is 0 Å². The van der Waals surface area contributed by atoms with Crippen LogP contribution in [-0.4, -0.2) is 32.6 Å². The SMILES string of the molecule is O=C(NCCO)C1=CC=C2C(C=CS2(=O)=O)C1. The van der Waals surface area contributed by atoms with Crippen LogP contribution in [0.15, 0.2) is 34.1 Å². The van der Waals surface area contributed by atoms with Gasteiger partial charge in [-0.05, 0) is 12.5 Å². The number of aliphatic hydroxyl groups excluding tert-OH is 1. The van der Waals surface area contributed by atoms with Crippen LogP contribution in [0.5, 0.6) is 0 Å². The molecule has 1 atom stereocenters. The average molecular weight is 255 g/mol. The molecule has 5 nitrogen and oxygen atoms in total. The average Bonchev–Trinajstić information content (AvgIpc) is 2.62. The van der Waals surface area contributed by atoms with E-state index in [0.29, 0.717) is 16.9 Å². The molecule has 1 amide bonds. The molecule has 6 heteroatoms. The maximum atomic E-state index is 11.6. The van der Waals surface area contributed by atoms with Crippen molar-refractivity contribution in [1.29, 1.82) is 0 Å². The van der Waals surface area contributed by atoms with Gasteiger partial charge in [0.15, 0.2) is 9.84 Å². The van der Waals surface area contributed by atoms with Crippen LogP contribution in [0.1, 0.15) is 6.42 Å². The molecule has 92 valence electrons. The molecule has 1 aliphatic carbocycles. The summed E-state index contributed by atoms with van der Waals surface area (Å²) in [7, 11) is -3.25. The standard InChI is InChI=1S/C11H13NO4S/c13-5-4-12-11(14)9-1-2-10-8(7-9)3-6-17(10,15)16/h1-3,6,8,13H,4-5,7H2,(H,12,14). The molecule has 2 N–H and O–H groups in total. The zero-order valence-electron chi connectivity index (χ0n) is 9.09. The number of nitrogens with one attached hydrogen (secondary N) is 1. The van der Waals surface area contributed by atoms with Crippen molar-refractivity contribution in [2.24, 2.45) is 5.92 Å².